The van der Waals surface area contributed by atoms with E-state index in [4.69, 9.17) is 22.6 Å². The maximum Gasteiger partial charge on any atom is 0.101 e. The lowest BCUT2D eigenvalue weighted by Gasteiger charge is -2.10. The number of hydrogen-bond acceptors (Lipinski definition) is 3. The molecule has 0 saturated heterocycles. The van der Waals surface area contributed by atoms with E-state index in [9.17, 15) is 0 Å². The second-order valence-electron chi connectivity index (χ2n) is 4.02. The van der Waals surface area contributed by atoms with Crippen molar-refractivity contribution in [3.05, 3.63) is 52.5 Å². The minimum absolute atomic E-state index is 0.450. The molecule has 2 rings (SSSR count). The third kappa shape index (κ3) is 2.55. The lowest BCUT2D eigenvalue weighted by Crippen LogP contribution is -1.95. The summed E-state index contributed by atoms with van der Waals surface area (Å²) in [6.07, 6.45) is 0. The number of nitrogens with one attached hydrogen (secondary N) is 1. The van der Waals surface area contributed by atoms with Crippen LogP contribution in [0.15, 0.2) is 36.4 Å². The molecule has 0 amide bonds. The summed E-state index contributed by atoms with van der Waals surface area (Å²) in [5.41, 5.74) is 9.42. The van der Waals surface area contributed by atoms with Gasteiger partial charge in [0, 0.05) is 5.69 Å². The highest BCUT2D eigenvalue weighted by molar-refractivity contribution is 6.33. The fourth-order valence-electron chi connectivity index (χ4n) is 1.63. The molecule has 18 heavy (non-hydrogen) atoms. The van der Waals surface area contributed by atoms with Crippen LogP contribution in [0.25, 0.3) is 0 Å². The zero-order valence-corrected chi connectivity index (χ0v) is 10.6. The second-order valence-corrected chi connectivity index (χ2v) is 4.43. The minimum Gasteiger partial charge on any atom is -0.398 e. The summed E-state index contributed by atoms with van der Waals surface area (Å²) in [7, 11) is 0. The molecule has 2 aromatic rings. The average Bonchev–Trinajstić information content (AvgIpc) is 2.34. The number of rotatable bonds is 2. The average molecular weight is 258 g/mol. The Bertz CT molecular complexity index is 629. The lowest BCUT2D eigenvalue weighted by atomic mass is 10.1. The molecule has 0 aliphatic rings. The highest BCUT2D eigenvalue weighted by Crippen LogP contribution is 2.27. The lowest BCUT2D eigenvalue weighted by molar-refractivity contribution is 1.44. The molecule has 2 aromatic carbocycles. The Hall–Kier alpha value is -2.18. The van der Waals surface area contributed by atoms with E-state index >= 15 is 0 Å². The summed E-state index contributed by atoms with van der Waals surface area (Å²) in [6, 6.07) is 13.0. The van der Waals surface area contributed by atoms with Crippen molar-refractivity contribution in [2.24, 2.45) is 0 Å². The number of nitrogens with zero attached hydrogens (tertiary/aromatic N) is 1. The van der Waals surface area contributed by atoms with Gasteiger partial charge in [0.25, 0.3) is 0 Å². The van der Waals surface area contributed by atoms with Crippen molar-refractivity contribution in [3.63, 3.8) is 0 Å². The first-order chi connectivity index (χ1) is 8.60. The number of nitrogens with two attached hydrogens (primary N) is 1. The number of halogens is 1. The quantitative estimate of drug-likeness (QED) is 0.804. The van der Waals surface area contributed by atoms with Crippen LogP contribution in [0.4, 0.5) is 17.1 Å². The van der Waals surface area contributed by atoms with Gasteiger partial charge in [0.2, 0.25) is 0 Å². The number of hydrogen-bond donors (Lipinski definition) is 2. The number of nitrogen functional groups attached to an aromatic ring is 1. The SMILES string of the molecule is Cc1ccc(Cl)c(Nc2ccc(C#N)c(N)c2)c1. The normalized spacial score (nSPS) is 9.83. The summed E-state index contributed by atoms with van der Waals surface area (Å²) in [5, 5.41) is 12.6. The zero-order valence-electron chi connectivity index (χ0n) is 9.87. The van der Waals surface area contributed by atoms with E-state index in [2.05, 4.69) is 5.32 Å². The Labute approximate surface area is 111 Å². The van der Waals surface area contributed by atoms with Crippen molar-refractivity contribution in [1.82, 2.24) is 0 Å². The van der Waals surface area contributed by atoms with Crippen molar-refractivity contribution >= 4 is 28.7 Å². The van der Waals surface area contributed by atoms with Crippen LogP contribution < -0.4 is 11.1 Å². The number of anilines is 3. The standard InChI is InChI=1S/C14H12ClN3/c1-9-2-5-12(15)14(6-9)18-11-4-3-10(8-16)13(17)7-11/h2-7,18H,17H2,1H3. The van der Waals surface area contributed by atoms with Crippen molar-refractivity contribution in [1.29, 1.82) is 5.26 Å². The van der Waals surface area contributed by atoms with Crippen LogP contribution in [0.5, 0.6) is 0 Å². The Morgan fingerprint density at radius 2 is 2.00 bits per heavy atom. The molecule has 0 aromatic heterocycles. The first kappa shape index (κ1) is 12.3. The summed E-state index contributed by atoms with van der Waals surface area (Å²) >= 11 is 6.10. The van der Waals surface area contributed by atoms with Crippen LogP contribution in [0.1, 0.15) is 11.1 Å². The molecule has 0 saturated carbocycles. The molecule has 3 N–H and O–H groups in total. The van der Waals surface area contributed by atoms with Crippen LogP contribution >= 0.6 is 11.6 Å². The molecule has 4 heteroatoms. The molecule has 0 unspecified atom stereocenters. The van der Waals surface area contributed by atoms with E-state index in [0.717, 1.165) is 16.9 Å². The van der Waals surface area contributed by atoms with Crippen LogP contribution in [-0.2, 0) is 0 Å². The maximum atomic E-state index is 8.81. The van der Waals surface area contributed by atoms with Gasteiger partial charge in [-0.3, -0.25) is 0 Å². The van der Waals surface area contributed by atoms with Crippen LogP contribution in [0, 0.1) is 18.3 Å². The topological polar surface area (TPSA) is 61.8 Å². The van der Waals surface area contributed by atoms with Crippen molar-refractivity contribution in [2.75, 3.05) is 11.1 Å². The summed E-state index contributed by atoms with van der Waals surface area (Å²) < 4.78 is 0. The molecule has 0 bridgehead atoms. The van der Waals surface area contributed by atoms with Gasteiger partial charge in [0.15, 0.2) is 0 Å². The molecule has 90 valence electrons. The van der Waals surface area contributed by atoms with Crippen LogP contribution in [-0.4, -0.2) is 0 Å². The van der Waals surface area contributed by atoms with Crippen molar-refractivity contribution in [2.45, 2.75) is 6.92 Å². The van der Waals surface area contributed by atoms with E-state index in [1.165, 1.54) is 0 Å². The molecule has 0 atom stereocenters. The molecular weight excluding hydrogens is 246 g/mol. The van der Waals surface area contributed by atoms with Gasteiger partial charge in [0.05, 0.1) is 22.0 Å². The van der Waals surface area contributed by atoms with Gasteiger partial charge in [-0.2, -0.15) is 5.26 Å². The van der Waals surface area contributed by atoms with Gasteiger partial charge >= 0.3 is 0 Å². The summed E-state index contributed by atoms with van der Waals surface area (Å²) in [4.78, 5) is 0. The third-order valence-electron chi connectivity index (χ3n) is 2.57. The zero-order chi connectivity index (χ0) is 13.1. The van der Waals surface area contributed by atoms with Gasteiger partial charge < -0.3 is 11.1 Å². The fraction of sp³-hybridized carbons (Fsp3) is 0.0714. The number of aryl methyl sites for hydroxylation is 1. The highest BCUT2D eigenvalue weighted by Gasteiger charge is 2.03. The van der Waals surface area contributed by atoms with Gasteiger partial charge in [-0.15, -0.1) is 0 Å². The van der Waals surface area contributed by atoms with Crippen LogP contribution in [0.2, 0.25) is 5.02 Å². The van der Waals surface area contributed by atoms with E-state index in [0.29, 0.717) is 16.3 Å². The van der Waals surface area contributed by atoms with Crippen molar-refractivity contribution < 1.29 is 0 Å². The van der Waals surface area contributed by atoms with E-state index in [1.807, 2.05) is 31.2 Å². The van der Waals surface area contributed by atoms with Gasteiger partial charge in [-0.05, 0) is 42.8 Å². The predicted molar refractivity (Wildman–Crippen MR) is 75.0 cm³/mol. The Balaban J connectivity index is 2.32. The first-order valence-electron chi connectivity index (χ1n) is 5.43. The maximum absolute atomic E-state index is 8.81. The third-order valence-corrected chi connectivity index (χ3v) is 2.90. The van der Waals surface area contributed by atoms with E-state index in [-0.39, 0.29) is 0 Å². The Morgan fingerprint density at radius 3 is 2.67 bits per heavy atom. The Kier molecular flexibility index (Phi) is 3.40. The monoisotopic (exact) mass is 257 g/mol. The second kappa shape index (κ2) is 4.99. The van der Waals surface area contributed by atoms with Crippen molar-refractivity contribution in [3.8, 4) is 6.07 Å². The highest BCUT2D eigenvalue weighted by atomic mass is 35.5. The molecule has 0 radical (unpaired) electrons. The number of nitriles is 1. The number of benzene rings is 2. The predicted octanol–water partition coefficient (Wildman–Crippen LogP) is 3.85. The van der Waals surface area contributed by atoms with E-state index < -0.39 is 0 Å². The molecule has 0 aliphatic carbocycles. The minimum atomic E-state index is 0.450. The molecular formula is C14H12ClN3. The largest absolute Gasteiger partial charge is 0.398 e. The van der Waals surface area contributed by atoms with Gasteiger partial charge in [-0.25, -0.2) is 0 Å². The molecule has 0 spiro atoms. The first-order valence-corrected chi connectivity index (χ1v) is 5.81. The fourth-order valence-corrected chi connectivity index (χ4v) is 1.80. The van der Waals surface area contributed by atoms with Gasteiger partial charge in [0.1, 0.15) is 6.07 Å². The van der Waals surface area contributed by atoms with Crippen LogP contribution in [0.3, 0.4) is 0 Å². The Morgan fingerprint density at radius 1 is 1.22 bits per heavy atom. The van der Waals surface area contributed by atoms with E-state index in [1.54, 1.807) is 18.2 Å². The molecule has 0 heterocycles. The molecule has 3 nitrogen and oxygen atoms in total. The molecule has 0 aliphatic heterocycles. The summed E-state index contributed by atoms with van der Waals surface area (Å²) in [5.74, 6) is 0. The summed E-state index contributed by atoms with van der Waals surface area (Å²) in [6.45, 7) is 1.99. The smallest absolute Gasteiger partial charge is 0.101 e. The van der Waals surface area contributed by atoms with Gasteiger partial charge in [-0.1, -0.05) is 17.7 Å². The molecule has 0 fully saturated rings.